The van der Waals surface area contributed by atoms with Gasteiger partial charge in [0.15, 0.2) is 0 Å². The van der Waals surface area contributed by atoms with E-state index in [1.165, 1.54) is 61.5 Å². The van der Waals surface area contributed by atoms with Crippen LogP contribution < -0.4 is 33.7 Å². The summed E-state index contributed by atoms with van der Waals surface area (Å²) in [4.78, 5) is 101. The molecule has 3 aromatic heterocycles. The molecule has 0 saturated carbocycles. The molecule has 0 amide bonds. The number of hydrogen-bond acceptors (Lipinski definition) is 22. The lowest BCUT2D eigenvalue weighted by Crippen LogP contribution is -2.33. The number of benzene rings is 4. The summed E-state index contributed by atoms with van der Waals surface area (Å²) < 4.78 is 69.5. The van der Waals surface area contributed by atoms with Crippen LogP contribution in [0.15, 0.2) is 157 Å². The van der Waals surface area contributed by atoms with Crippen molar-refractivity contribution >= 4 is 37.0 Å². The number of fused-ring (bicyclic) bond motifs is 3. The quantitative estimate of drug-likeness (QED) is 0.0342. The third kappa shape index (κ3) is 16.8. The summed E-state index contributed by atoms with van der Waals surface area (Å²) in [5.74, 6) is 0.108. The number of H-pyrrole nitrogens is 3. The number of aromatic nitrogens is 6. The summed E-state index contributed by atoms with van der Waals surface area (Å²) in [6, 6.07) is 35.3. The zero-order valence-electron chi connectivity index (χ0n) is 61.1. The number of aromatic amines is 3. The first-order chi connectivity index (χ1) is 52.2. The summed E-state index contributed by atoms with van der Waals surface area (Å²) >= 11 is 0. The van der Waals surface area contributed by atoms with Gasteiger partial charge in [-0.05, 0) is 101 Å². The topological polar surface area (TPSA) is 344 Å². The molecule has 108 heavy (non-hydrogen) atoms. The highest BCUT2D eigenvalue weighted by Crippen LogP contribution is 2.62. The van der Waals surface area contributed by atoms with Crippen LogP contribution in [-0.4, -0.2) is 145 Å². The highest BCUT2D eigenvalue weighted by atomic mass is 31.2. The number of hydrogen-bond donors (Lipinski definition) is 3. The Hall–Kier alpha value is -7.47. The van der Waals surface area contributed by atoms with Crippen LogP contribution in [0, 0.1) is 41.0 Å². The molecule has 18 atom stereocenters. The van der Waals surface area contributed by atoms with Crippen molar-refractivity contribution < 1.29 is 51.2 Å². The Balaban J connectivity index is 0.000000136. The van der Waals surface area contributed by atoms with E-state index in [0.29, 0.717) is 48.8 Å². The van der Waals surface area contributed by atoms with Crippen LogP contribution >= 0.6 is 25.6 Å². The van der Waals surface area contributed by atoms with Crippen LogP contribution in [-0.2, 0) is 54.2 Å². The minimum atomic E-state index is -1.29. The second-order valence-corrected chi connectivity index (χ2v) is 33.2. The Morgan fingerprint density at radius 2 is 0.778 bits per heavy atom. The van der Waals surface area contributed by atoms with Crippen molar-refractivity contribution in [2.75, 3.05) is 19.6 Å². The number of non-ortho nitro benzene ring substituents is 2. The number of aryl methyl sites for hydroxylation is 3. The lowest BCUT2D eigenvalue weighted by atomic mass is 9.83. The average Bonchev–Trinajstić information content (AvgIpc) is 1.61. The van der Waals surface area contributed by atoms with Crippen molar-refractivity contribution in [2.45, 2.75) is 229 Å². The number of nitro groups is 2. The predicted molar refractivity (Wildman–Crippen MR) is 402 cm³/mol. The monoisotopic (exact) mass is 1540 g/mol. The molecule has 9 aliphatic rings. The number of ether oxygens (including phenoxy) is 3. The van der Waals surface area contributed by atoms with Crippen molar-refractivity contribution in [1.29, 1.82) is 0 Å². The van der Waals surface area contributed by atoms with Gasteiger partial charge >= 0.3 is 17.1 Å². The molecule has 0 bridgehead atoms. The molecule has 0 spiro atoms. The molecule has 33 heteroatoms. The Labute approximate surface area is 626 Å². The van der Waals surface area contributed by atoms with E-state index in [-0.39, 0.29) is 95.9 Å². The van der Waals surface area contributed by atoms with E-state index in [1.54, 1.807) is 51.2 Å². The highest BCUT2D eigenvalue weighted by molar-refractivity contribution is 7.45. The molecule has 4 aromatic carbocycles. The van der Waals surface area contributed by atoms with E-state index >= 15 is 0 Å². The summed E-state index contributed by atoms with van der Waals surface area (Å²) in [7, 11) is -3.86. The molecule has 9 fully saturated rings. The fourth-order valence-corrected chi connectivity index (χ4v) is 22.3. The second-order valence-electron chi connectivity index (χ2n) is 28.9. The first kappa shape index (κ1) is 77.3. The molecule has 0 radical (unpaired) electrons. The van der Waals surface area contributed by atoms with E-state index < -0.39 is 82.3 Å². The smallest absolute Gasteiger partial charge is 0.330 e. The molecule has 9 saturated heterocycles. The predicted octanol–water partition coefficient (Wildman–Crippen LogP) is 11.2. The van der Waals surface area contributed by atoms with Crippen LogP contribution in [0.4, 0.5) is 11.4 Å². The number of nitro benzene ring substituents is 2. The fourth-order valence-electron chi connectivity index (χ4n) is 16.3. The standard InChI is InChI=1S/C29H34N3O5P.2C23H29N4O7P/c1-3-23-24(17-25(35-23)31-18-19(2)28(33)30-29(31)34)36-38-32-16-10-15-22(32)27(37-38)26(20-11-6-4-7-12-20)21-13-8-5-9-14-21;2*1-3-18-20(12-21(32-18)25-13-14(2)22(28)24-23(25)29)34-35-26-10-4-5-17(26)19(33-35)11-15-6-8-16(9-7-15)27(30)31/h4-9,11-14,18,22-27H,3,10,15-17H2,1-2H3,(H,30,33,34);2*6-9,13,17-21H,3-5,10-12H2,1-2H3,(H,24,28,29)/t22-,23-,24-,25-,27-,38-;17-,18+,19+,20+,21+,35+;17-,18-,19+,20-,21-,35+/m101/s1. The minimum Gasteiger partial charge on any atom is -0.352 e. The van der Waals surface area contributed by atoms with Gasteiger partial charge in [-0.25, -0.2) is 28.4 Å². The average molecular weight is 1540 g/mol. The number of nitrogens with zero attached hydrogens (tertiary/aromatic N) is 8. The molecule has 9 aliphatic heterocycles. The highest BCUT2D eigenvalue weighted by Gasteiger charge is 2.54. The zero-order chi connectivity index (χ0) is 75.6. The van der Waals surface area contributed by atoms with Gasteiger partial charge in [-0.2, -0.15) is 0 Å². The molecule has 0 unspecified atom stereocenters. The zero-order valence-corrected chi connectivity index (χ0v) is 63.7. The van der Waals surface area contributed by atoms with Crippen LogP contribution in [0.25, 0.3) is 0 Å². The summed E-state index contributed by atoms with van der Waals surface area (Å²) in [6.07, 6.45) is 13.2. The normalized spacial score (nSPS) is 30.1. The van der Waals surface area contributed by atoms with E-state index in [4.69, 9.17) is 41.4 Å². The maximum absolute atomic E-state index is 12.5. The molecule has 30 nitrogen and oxygen atoms in total. The van der Waals surface area contributed by atoms with Gasteiger partial charge in [-0.3, -0.25) is 63.3 Å². The van der Waals surface area contributed by atoms with Gasteiger partial charge < -0.3 is 41.4 Å². The lowest BCUT2D eigenvalue weighted by molar-refractivity contribution is -0.385. The van der Waals surface area contributed by atoms with E-state index in [0.717, 1.165) is 88.5 Å². The largest absolute Gasteiger partial charge is 0.352 e. The summed E-state index contributed by atoms with van der Waals surface area (Å²) in [5.41, 5.74) is 3.39. The first-order valence-electron chi connectivity index (χ1n) is 37.4. The Morgan fingerprint density at radius 3 is 1.11 bits per heavy atom. The Kier molecular flexibility index (Phi) is 24.3. The molecule has 3 N–H and O–H groups in total. The van der Waals surface area contributed by atoms with Crippen molar-refractivity contribution in [3.05, 3.63) is 249 Å². The molecule has 16 rings (SSSR count). The molecular weight excluding hydrogens is 1450 g/mol. The second kappa shape index (κ2) is 34.0. The van der Waals surface area contributed by atoms with Gasteiger partial charge in [0.25, 0.3) is 53.6 Å². The van der Waals surface area contributed by atoms with Crippen molar-refractivity contribution in [1.82, 2.24) is 42.7 Å². The molecule has 7 aromatic rings. The molecule has 0 aliphatic carbocycles. The van der Waals surface area contributed by atoms with E-state index in [1.807, 2.05) is 13.8 Å². The van der Waals surface area contributed by atoms with Gasteiger partial charge in [0.2, 0.25) is 0 Å². The van der Waals surface area contributed by atoms with Crippen LogP contribution in [0.5, 0.6) is 0 Å². The Morgan fingerprint density at radius 1 is 0.454 bits per heavy atom. The van der Waals surface area contributed by atoms with Crippen molar-refractivity contribution in [3.8, 4) is 0 Å². The van der Waals surface area contributed by atoms with Crippen molar-refractivity contribution in [3.63, 3.8) is 0 Å². The number of nitrogens with one attached hydrogen (secondary N) is 3. The summed E-state index contributed by atoms with van der Waals surface area (Å²) in [6.45, 7) is 13.9. The Bertz CT molecular complexity index is 4460. The maximum atomic E-state index is 12.5. The van der Waals surface area contributed by atoms with Crippen molar-refractivity contribution in [2.24, 2.45) is 0 Å². The molecular formula is C75H92N11O19P3. The van der Waals surface area contributed by atoms with Gasteiger partial charge in [-0.1, -0.05) is 106 Å². The van der Waals surface area contributed by atoms with Gasteiger partial charge in [-0.15, -0.1) is 0 Å². The third-order valence-electron chi connectivity index (χ3n) is 21.9. The molecule has 12 heterocycles. The lowest BCUT2D eigenvalue weighted by Gasteiger charge is -2.27. The minimum absolute atomic E-state index is 0.0175. The number of rotatable bonds is 21. The van der Waals surface area contributed by atoms with E-state index in [9.17, 15) is 49.0 Å². The van der Waals surface area contributed by atoms with Crippen LogP contribution in [0.2, 0.25) is 0 Å². The first-order valence-corrected chi connectivity index (χ1v) is 40.8. The van der Waals surface area contributed by atoms with Crippen LogP contribution in [0.3, 0.4) is 0 Å². The van der Waals surface area contributed by atoms with E-state index in [2.05, 4.69) is 96.6 Å². The molecule has 576 valence electrons. The van der Waals surface area contributed by atoms with Crippen LogP contribution in [0.1, 0.15) is 161 Å². The fraction of sp³-hybridized carbons (Fsp3) is 0.520. The summed E-state index contributed by atoms with van der Waals surface area (Å²) in [5, 5.41) is 21.9. The third-order valence-corrected chi connectivity index (χ3v) is 27.4. The van der Waals surface area contributed by atoms with Gasteiger partial charge in [0, 0.05) is 135 Å². The van der Waals surface area contributed by atoms with Gasteiger partial charge in [0.1, 0.15) is 18.7 Å². The maximum Gasteiger partial charge on any atom is 0.330 e. The van der Waals surface area contributed by atoms with Gasteiger partial charge in [0.05, 0.1) is 64.8 Å². The SMILES string of the molecule is CC[C@H]1O[C@@H](n2cc(C)c(=O)[nH]c2=O)C[C@H]1O[P@@]1O[C@H](Cc2ccc([N+](=O)[O-])cc2)[C@@H]2CCCN21.CC[C@H]1O[C@@H](n2cc(C)c(=O)[nH]c2=O)C[C@H]1O[P@]1O[C@@H](C(c2ccccc2)c2ccccc2)[C@H]2CCCN21.CC[C@H]1O[C@@H](n2cc(C)c(=O)[nH]c2=O)C[C@H]1O[P@]1O[C@@H](Cc2ccc([N+](=O)[O-])cc2)[C@H]2CCCN21.